The number of nitrogens with one attached hydrogen (secondary N) is 1. The first-order chi connectivity index (χ1) is 23.0. The Balaban J connectivity index is 1.13. The quantitative estimate of drug-likeness (QED) is 0.402. The molecule has 1 atom stereocenters. The summed E-state index contributed by atoms with van der Waals surface area (Å²) in [5, 5.41) is 2.70. The number of nitrogen functional groups attached to an aromatic ring is 1. The molecule has 0 saturated carbocycles. The van der Waals surface area contributed by atoms with E-state index in [-0.39, 0.29) is 47.3 Å². The van der Waals surface area contributed by atoms with Crippen LogP contribution in [0.25, 0.3) is 0 Å². The summed E-state index contributed by atoms with van der Waals surface area (Å²) in [5.74, 6) is -1.37. The first-order valence-corrected chi connectivity index (χ1v) is 17.0. The Bertz CT molecular complexity index is 1500. The highest BCUT2D eigenvalue weighted by Crippen LogP contribution is 2.38. The maximum absolute atomic E-state index is 14.0. The zero-order chi connectivity index (χ0) is 34.0. The molecule has 14 heteroatoms. The van der Waals surface area contributed by atoms with E-state index in [2.05, 4.69) is 10.2 Å². The molecule has 2 aromatic carbocycles. The normalized spacial score (nSPS) is 20.8. The van der Waals surface area contributed by atoms with Gasteiger partial charge in [0.15, 0.2) is 0 Å². The van der Waals surface area contributed by atoms with Crippen LogP contribution in [0, 0.1) is 5.92 Å². The van der Waals surface area contributed by atoms with Crippen LogP contribution in [0.4, 0.5) is 29.3 Å². The summed E-state index contributed by atoms with van der Waals surface area (Å²) in [4.78, 5) is 48.2. The third-order valence-corrected chi connectivity index (χ3v) is 10.5. The lowest BCUT2D eigenvalue weighted by Crippen LogP contribution is -2.54. The molecular weight excluding hydrogens is 649 g/mol. The Morgan fingerprint density at radius 3 is 2.33 bits per heavy atom. The van der Waals surface area contributed by atoms with Crippen molar-refractivity contribution >= 4 is 40.8 Å². The smallest absolute Gasteiger partial charge is 0.397 e. The Morgan fingerprint density at radius 2 is 1.65 bits per heavy atom. The van der Waals surface area contributed by atoms with Crippen LogP contribution in [0.15, 0.2) is 36.4 Å². The summed E-state index contributed by atoms with van der Waals surface area (Å²) in [6, 6.07) is 10.1. The number of benzene rings is 2. The number of hydrogen-bond acceptors (Lipinski definition) is 6. The average molecular weight is 691 g/mol. The molecule has 0 spiro atoms. The summed E-state index contributed by atoms with van der Waals surface area (Å²) in [6.07, 6.45) is -1.92. The number of carbonyl (C=O) groups excluding carboxylic acids is 3. The molecule has 0 radical (unpaired) electrons. The largest absolute Gasteiger partial charge is 0.418 e. The van der Waals surface area contributed by atoms with Crippen molar-refractivity contribution in [3.05, 3.63) is 58.1 Å². The van der Waals surface area contributed by atoms with Gasteiger partial charge in [-0.3, -0.25) is 14.5 Å². The second kappa shape index (κ2) is 14.5. The monoisotopic (exact) mass is 690 g/mol. The van der Waals surface area contributed by atoms with Crippen LogP contribution in [0.5, 0.6) is 0 Å². The van der Waals surface area contributed by atoms with Crippen LogP contribution in [0.1, 0.15) is 48.8 Å². The second-order valence-electron chi connectivity index (χ2n) is 13.2. The first kappa shape index (κ1) is 34.3. The number of urea groups is 1. The molecule has 4 aliphatic rings. The number of nitrogens with two attached hydrogens (primary N) is 1. The van der Waals surface area contributed by atoms with Gasteiger partial charge in [0.1, 0.15) is 0 Å². The molecule has 4 amide bonds. The van der Waals surface area contributed by atoms with Crippen LogP contribution in [0.3, 0.4) is 0 Å². The molecule has 3 N–H and O–H groups in total. The number of amides is 4. The Morgan fingerprint density at radius 1 is 0.958 bits per heavy atom. The van der Waals surface area contributed by atoms with E-state index in [9.17, 15) is 27.6 Å². The van der Waals surface area contributed by atoms with Gasteiger partial charge < -0.3 is 30.5 Å². The minimum absolute atomic E-state index is 0.0513. The predicted molar refractivity (Wildman–Crippen MR) is 175 cm³/mol. The Hall–Kier alpha value is -3.55. The number of halogens is 4. The molecule has 4 aliphatic heterocycles. The van der Waals surface area contributed by atoms with Crippen LogP contribution in [0.2, 0.25) is 5.02 Å². The van der Waals surface area contributed by atoms with Crippen molar-refractivity contribution in [2.24, 2.45) is 5.92 Å². The van der Waals surface area contributed by atoms with E-state index in [0.29, 0.717) is 77.9 Å². The van der Waals surface area contributed by atoms with E-state index in [1.807, 2.05) is 24.3 Å². The molecule has 0 aliphatic carbocycles. The number of para-hydroxylation sites is 1. The standard InChI is InChI=1S/C34H42ClF3N6O4/c35-28-19-22(18-27(31(28)39)34(36,37)38)17-24(32(46)43-13-11-41(12-14-43)25-7-15-48-16-8-25)20-30(45)42-9-5-26(6-10-42)44-21-23-3-1-2-4-29(23)40-33(44)47/h1-4,18-19,24-26H,5-17,20-21,39H2,(H,40,47). The molecule has 6 rings (SSSR count). The van der Waals surface area contributed by atoms with Gasteiger partial charge in [0.25, 0.3) is 0 Å². The fourth-order valence-electron chi connectivity index (χ4n) is 7.46. The van der Waals surface area contributed by atoms with E-state index >= 15 is 0 Å². The maximum atomic E-state index is 14.0. The fraction of sp³-hybridized carbons (Fsp3) is 0.559. The van der Waals surface area contributed by atoms with Crippen molar-refractivity contribution in [3.8, 4) is 0 Å². The number of piperidine rings is 1. The molecule has 0 bridgehead atoms. The lowest BCUT2D eigenvalue weighted by Gasteiger charge is -2.42. The summed E-state index contributed by atoms with van der Waals surface area (Å²) in [6.45, 7) is 5.06. The summed E-state index contributed by atoms with van der Waals surface area (Å²) in [5.41, 5.74) is 6.07. The number of fused-ring (bicyclic) bond motifs is 1. The predicted octanol–water partition coefficient (Wildman–Crippen LogP) is 4.85. The van der Waals surface area contributed by atoms with Gasteiger partial charge in [0.05, 0.1) is 22.2 Å². The second-order valence-corrected chi connectivity index (χ2v) is 13.6. The minimum Gasteiger partial charge on any atom is -0.397 e. The van der Waals surface area contributed by atoms with E-state index in [0.717, 1.165) is 30.2 Å². The number of ether oxygens (including phenoxy) is 1. The van der Waals surface area contributed by atoms with Gasteiger partial charge in [0, 0.05) is 83.2 Å². The average Bonchev–Trinajstić information content (AvgIpc) is 3.09. The van der Waals surface area contributed by atoms with Gasteiger partial charge in [0.2, 0.25) is 11.8 Å². The number of nitrogens with zero attached hydrogens (tertiary/aromatic N) is 4. The molecular formula is C34H42ClF3N6O4. The maximum Gasteiger partial charge on any atom is 0.418 e. The van der Waals surface area contributed by atoms with Gasteiger partial charge in [-0.1, -0.05) is 29.8 Å². The molecule has 1 unspecified atom stereocenters. The number of piperazine rings is 1. The highest BCUT2D eigenvalue weighted by atomic mass is 35.5. The molecule has 48 heavy (non-hydrogen) atoms. The molecule has 260 valence electrons. The van der Waals surface area contributed by atoms with E-state index in [4.69, 9.17) is 22.1 Å². The lowest BCUT2D eigenvalue weighted by molar-refractivity contribution is -0.143. The van der Waals surface area contributed by atoms with Gasteiger partial charge in [-0.15, -0.1) is 0 Å². The van der Waals surface area contributed by atoms with Crippen molar-refractivity contribution in [2.75, 3.05) is 63.5 Å². The minimum atomic E-state index is -4.72. The van der Waals surface area contributed by atoms with E-state index in [1.165, 1.54) is 6.07 Å². The van der Waals surface area contributed by atoms with E-state index in [1.54, 1.807) is 14.7 Å². The van der Waals surface area contributed by atoms with Gasteiger partial charge in [-0.25, -0.2) is 4.79 Å². The number of anilines is 2. The first-order valence-electron chi connectivity index (χ1n) is 16.7. The number of hydrogen-bond donors (Lipinski definition) is 2. The van der Waals surface area contributed by atoms with Gasteiger partial charge in [-0.05, 0) is 61.4 Å². The highest BCUT2D eigenvalue weighted by Gasteiger charge is 2.38. The summed E-state index contributed by atoms with van der Waals surface area (Å²) < 4.78 is 46.8. The molecule has 10 nitrogen and oxygen atoms in total. The van der Waals surface area contributed by atoms with Crippen molar-refractivity contribution < 1.29 is 32.3 Å². The lowest BCUT2D eigenvalue weighted by atomic mass is 9.91. The summed E-state index contributed by atoms with van der Waals surface area (Å²) in [7, 11) is 0. The number of carbonyl (C=O) groups is 3. The zero-order valence-corrected chi connectivity index (χ0v) is 27.6. The zero-order valence-electron chi connectivity index (χ0n) is 26.8. The van der Waals surface area contributed by atoms with E-state index < -0.39 is 23.3 Å². The molecule has 3 saturated heterocycles. The number of likely N-dealkylation sites (tertiary alicyclic amines) is 1. The highest BCUT2D eigenvalue weighted by molar-refractivity contribution is 6.33. The number of rotatable bonds is 7. The van der Waals surface area contributed by atoms with Crippen LogP contribution < -0.4 is 11.1 Å². The van der Waals surface area contributed by atoms with Crippen molar-refractivity contribution in [2.45, 2.75) is 63.3 Å². The van der Waals surface area contributed by atoms with Crippen molar-refractivity contribution in [1.82, 2.24) is 19.6 Å². The Kier molecular flexibility index (Phi) is 10.4. The molecule has 2 aromatic rings. The van der Waals surface area contributed by atoms with Crippen LogP contribution in [-0.4, -0.2) is 102 Å². The van der Waals surface area contributed by atoms with Crippen LogP contribution in [-0.2, 0) is 33.5 Å². The molecule has 3 fully saturated rings. The third-order valence-electron chi connectivity index (χ3n) is 10.2. The molecule has 0 aromatic heterocycles. The fourth-order valence-corrected chi connectivity index (χ4v) is 7.70. The van der Waals surface area contributed by atoms with Gasteiger partial charge in [-0.2, -0.15) is 13.2 Å². The topological polar surface area (TPSA) is 111 Å². The van der Waals surface area contributed by atoms with Crippen molar-refractivity contribution in [3.63, 3.8) is 0 Å². The SMILES string of the molecule is Nc1c(Cl)cc(CC(CC(=O)N2CCC(N3Cc4ccccc4NC3=O)CC2)C(=O)N2CCN(C3CCOCC3)CC2)cc1C(F)(F)F. The molecule has 4 heterocycles. The van der Waals surface area contributed by atoms with Gasteiger partial charge >= 0.3 is 12.2 Å². The van der Waals surface area contributed by atoms with Crippen LogP contribution >= 0.6 is 11.6 Å². The third kappa shape index (κ3) is 7.68. The Labute approximate surface area is 283 Å². The summed E-state index contributed by atoms with van der Waals surface area (Å²) >= 11 is 6.13. The van der Waals surface area contributed by atoms with Crippen molar-refractivity contribution in [1.29, 1.82) is 0 Å². The number of alkyl halides is 3.